The van der Waals surface area contributed by atoms with Crippen molar-refractivity contribution >= 4 is 5.91 Å². The van der Waals surface area contributed by atoms with Crippen LogP contribution in [0.2, 0.25) is 0 Å². The van der Waals surface area contributed by atoms with Gasteiger partial charge in [-0.15, -0.1) is 0 Å². The average molecular weight is 270 g/mol. The molecule has 8 nitrogen and oxygen atoms in total. The van der Waals surface area contributed by atoms with Gasteiger partial charge in [-0.05, 0) is 0 Å². The van der Waals surface area contributed by atoms with Gasteiger partial charge in [0, 0.05) is 33.1 Å². The zero-order valence-electron chi connectivity index (χ0n) is 10.8. The van der Waals surface area contributed by atoms with Crippen LogP contribution >= 0.6 is 0 Å². The van der Waals surface area contributed by atoms with E-state index in [1.165, 1.54) is 0 Å². The highest BCUT2D eigenvalue weighted by molar-refractivity contribution is 5.90. The van der Waals surface area contributed by atoms with Crippen LogP contribution in [-0.2, 0) is 4.74 Å². The van der Waals surface area contributed by atoms with Crippen LogP contribution in [0.1, 0.15) is 16.5 Å². The molecule has 1 amide bonds. The fraction of sp³-hybridized carbons (Fsp3) is 0.727. The first-order valence-corrected chi connectivity index (χ1v) is 6.22. The van der Waals surface area contributed by atoms with Crippen molar-refractivity contribution in [2.75, 3.05) is 39.4 Å². The van der Waals surface area contributed by atoms with Crippen LogP contribution in [0.3, 0.4) is 0 Å². The molecule has 0 aliphatic carbocycles. The van der Waals surface area contributed by atoms with E-state index < -0.39 is 12.0 Å². The number of hydrogen-bond donors (Lipinski definition) is 2. The molecule has 2 heterocycles. The maximum atomic E-state index is 11.6. The second kappa shape index (κ2) is 6.60. The zero-order chi connectivity index (χ0) is 13.7. The Kier molecular flexibility index (Phi) is 4.83. The van der Waals surface area contributed by atoms with Crippen molar-refractivity contribution in [3.63, 3.8) is 0 Å². The number of morpholine rings is 1. The van der Waals surface area contributed by atoms with Gasteiger partial charge in [-0.1, -0.05) is 5.16 Å². The van der Waals surface area contributed by atoms with Crippen molar-refractivity contribution in [1.82, 2.24) is 20.4 Å². The lowest BCUT2D eigenvalue weighted by atomic mass is 10.3. The van der Waals surface area contributed by atoms with Gasteiger partial charge in [-0.2, -0.15) is 4.98 Å². The van der Waals surface area contributed by atoms with Gasteiger partial charge in [-0.3, -0.25) is 9.69 Å². The number of aromatic nitrogens is 2. The standard InChI is InChI=1S/C11H18N4O4/c1-8-13-10(14-19-8)11(17)12-6-9(16)7-15-2-4-18-5-3-15/h9,16H,2-7H2,1H3,(H,12,17). The highest BCUT2D eigenvalue weighted by atomic mass is 16.5. The molecule has 2 rings (SSSR count). The van der Waals surface area contributed by atoms with Crippen molar-refractivity contribution in [1.29, 1.82) is 0 Å². The molecule has 0 aromatic carbocycles. The second-order valence-corrected chi connectivity index (χ2v) is 4.41. The quantitative estimate of drug-likeness (QED) is 0.693. The molecule has 0 radical (unpaired) electrons. The first kappa shape index (κ1) is 13.9. The van der Waals surface area contributed by atoms with Crippen LogP contribution in [0.25, 0.3) is 0 Å². The molecule has 1 atom stereocenters. The topological polar surface area (TPSA) is 101 Å². The van der Waals surface area contributed by atoms with E-state index in [0.29, 0.717) is 25.6 Å². The second-order valence-electron chi connectivity index (χ2n) is 4.41. The number of hydrogen-bond acceptors (Lipinski definition) is 7. The molecule has 106 valence electrons. The Hall–Kier alpha value is -1.51. The van der Waals surface area contributed by atoms with Crippen LogP contribution in [-0.4, -0.2) is 71.6 Å². The Morgan fingerprint density at radius 1 is 1.53 bits per heavy atom. The van der Waals surface area contributed by atoms with E-state index in [2.05, 4.69) is 20.4 Å². The number of carbonyl (C=O) groups excluding carboxylic acids is 1. The molecule has 1 saturated heterocycles. The minimum Gasteiger partial charge on any atom is -0.390 e. The summed E-state index contributed by atoms with van der Waals surface area (Å²) in [7, 11) is 0. The molecule has 0 spiro atoms. The molecular formula is C11H18N4O4. The lowest BCUT2D eigenvalue weighted by Gasteiger charge is -2.28. The normalized spacial score (nSPS) is 18.2. The zero-order valence-corrected chi connectivity index (χ0v) is 10.8. The number of amides is 1. The largest absolute Gasteiger partial charge is 0.390 e. The number of aryl methyl sites for hydroxylation is 1. The van der Waals surface area contributed by atoms with E-state index in [1.807, 2.05) is 0 Å². The van der Waals surface area contributed by atoms with Crippen molar-refractivity contribution in [3.8, 4) is 0 Å². The summed E-state index contributed by atoms with van der Waals surface area (Å²) in [6.07, 6.45) is -0.630. The van der Waals surface area contributed by atoms with E-state index in [-0.39, 0.29) is 12.4 Å². The van der Waals surface area contributed by atoms with Crippen LogP contribution in [0, 0.1) is 6.92 Å². The van der Waals surface area contributed by atoms with Gasteiger partial charge in [0.05, 0.1) is 19.3 Å². The Morgan fingerprint density at radius 2 is 2.26 bits per heavy atom. The number of aliphatic hydroxyl groups is 1. The van der Waals surface area contributed by atoms with Crippen molar-refractivity contribution < 1.29 is 19.2 Å². The minimum absolute atomic E-state index is 0.0175. The number of aliphatic hydroxyl groups excluding tert-OH is 1. The maximum Gasteiger partial charge on any atom is 0.292 e. The van der Waals surface area contributed by atoms with Gasteiger partial charge in [0.2, 0.25) is 5.89 Å². The lowest BCUT2D eigenvalue weighted by molar-refractivity contribution is 0.0149. The maximum absolute atomic E-state index is 11.6. The summed E-state index contributed by atoms with van der Waals surface area (Å²) in [4.78, 5) is 17.5. The molecule has 8 heteroatoms. The summed E-state index contributed by atoms with van der Waals surface area (Å²) in [5.41, 5.74) is 0. The van der Waals surface area contributed by atoms with Crippen molar-refractivity contribution in [2.24, 2.45) is 0 Å². The summed E-state index contributed by atoms with van der Waals surface area (Å²) >= 11 is 0. The highest BCUT2D eigenvalue weighted by Crippen LogP contribution is 1.99. The number of nitrogens with zero attached hydrogens (tertiary/aromatic N) is 3. The first-order chi connectivity index (χ1) is 9.15. The smallest absolute Gasteiger partial charge is 0.292 e. The van der Waals surface area contributed by atoms with E-state index in [1.54, 1.807) is 6.92 Å². The van der Waals surface area contributed by atoms with Crippen molar-refractivity contribution in [3.05, 3.63) is 11.7 Å². The third-order valence-corrected chi connectivity index (χ3v) is 2.80. The highest BCUT2D eigenvalue weighted by Gasteiger charge is 2.17. The predicted molar refractivity (Wildman–Crippen MR) is 64.6 cm³/mol. The third kappa shape index (κ3) is 4.27. The third-order valence-electron chi connectivity index (χ3n) is 2.80. The summed E-state index contributed by atoms with van der Waals surface area (Å²) in [6, 6.07) is 0. The summed E-state index contributed by atoms with van der Waals surface area (Å²) in [6.45, 7) is 5.24. The van der Waals surface area contributed by atoms with E-state index in [0.717, 1.165) is 13.1 Å². The molecule has 1 unspecified atom stereocenters. The minimum atomic E-state index is -0.630. The average Bonchev–Trinajstić information content (AvgIpc) is 2.84. The Balaban J connectivity index is 1.70. The van der Waals surface area contributed by atoms with Crippen molar-refractivity contribution in [2.45, 2.75) is 13.0 Å². The van der Waals surface area contributed by atoms with E-state index in [4.69, 9.17) is 9.26 Å². The Labute approximate surface area is 110 Å². The molecule has 1 aromatic heterocycles. The summed E-state index contributed by atoms with van der Waals surface area (Å²) < 4.78 is 9.93. The van der Waals surface area contributed by atoms with Crippen LogP contribution < -0.4 is 5.32 Å². The van der Waals surface area contributed by atoms with E-state index >= 15 is 0 Å². The number of nitrogens with one attached hydrogen (secondary N) is 1. The summed E-state index contributed by atoms with van der Waals surface area (Å²) in [5.74, 6) is -0.132. The van der Waals surface area contributed by atoms with Crippen LogP contribution in [0.5, 0.6) is 0 Å². The lowest BCUT2D eigenvalue weighted by Crippen LogP contribution is -2.44. The fourth-order valence-electron chi connectivity index (χ4n) is 1.83. The molecule has 1 aliphatic rings. The molecule has 0 saturated carbocycles. The van der Waals surface area contributed by atoms with E-state index in [9.17, 15) is 9.90 Å². The van der Waals surface area contributed by atoms with Crippen LogP contribution in [0.15, 0.2) is 4.52 Å². The number of carbonyl (C=O) groups is 1. The Bertz CT molecular complexity index is 417. The Morgan fingerprint density at radius 3 is 2.89 bits per heavy atom. The van der Waals surface area contributed by atoms with Gasteiger partial charge in [0.25, 0.3) is 11.7 Å². The number of β-amino-alcohol motifs (C(OH)–C–C–N with tert-alkyl or cyclic N) is 1. The molecular weight excluding hydrogens is 252 g/mol. The molecule has 1 aromatic rings. The van der Waals surface area contributed by atoms with Gasteiger partial charge in [0.1, 0.15) is 0 Å². The molecule has 1 aliphatic heterocycles. The van der Waals surface area contributed by atoms with Gasteiger partial charge >= 0.3 is 0 Å². The monoisotopic (exact) mass is 270 g/mol. The molecule has 2 N–H and O–H groups in total. The predicted octanol–water partition coefficient (Wildman–Crippen LogP) is -1.20. The fourth-order valence-corrected chi connectivity index (χ4v) is 1.83. The van der Waals surface area contributed by atoms with Gasteiger partial charge in [0.15, 0.2) is 0 Å². The number of rotatable bonds is 5. The van der Waals surface area contributed by atoms with Crippen LogP contribution in [0.4, 0.5) is 0 Å². The molecule has 1 fully saturated rings. The van der Waals surface area contributed by atoms with Gasteiger partial charge in [-0.25, -0.2) is 0 Å². The molecule has 19 heavy (non-hydrogen) atoms. The molecule has 0 bridgehead atoms. The number of ether oxygens (including phenoxy) is 1. The van der Waals surface area contributed by atoms with Gasteiger partial charge < -0.3 is 19.7 Å². The first-order valence-electron chi connectivity index (χ1n) is 6.22. The summed E-state index contributed by atoms with van der Waals surface area (Å²) in [5, 5.41) is 15.9. The SMILES string of the molecule is Cc1nc(C(=O)NCC(O)CN2CCOCC2)no1.